The van der Waals surface area contributed by atoms with Crippen LogP contribution in [0.15, 0.2) is 0 Å². The molecule has 1 fully saturated rings. The largest absolute Gasteiger partial charge is 0.376 e. The Morgan fingerprint density at radius 3 is 3.00 bits per heavy atom. The van der Waals surface area contributed by atoms with E-state index in [1.807, 2.05) is 0 Å². The fourth-order valence-electron chi connectivity index (χ4n) is 2.42. The van der Waals surface area contributed by atoms with E-state index < -0.39 is 0 Å². The molecule has 0 amide bonds. The average molecular weight is 207 g/mol. The normalized spacial score (nSPS) is 21.1. The number of hydrogen-bond donors (Lipinski definition) is 1. The molecule has 0 spiro atoms. The SMILES string of the molecule is NCc1c2c(nn1C1CCC1)CCOC2. The smallest absolute Gasteiger partial charge is 0.0753 e. The number of hydrogen-bond acceptors (Lipinski definition) is 3. The fourth-order valence-corrected chi connectivity index (χ4v) is 2.42. The minimum Gasteiger partial charge on any atom is -0.376 e. The van der Waals surface area contributed by atoms with Gasteiger partial charge < -0.3 is 10.5 Å². The third kappa shape index (κ3) is 1.40. The lowest BCUT2D eigenvalue weighted by atomic mass is 9.93. The number of nitrogens with zero attached hydrogens (tertiary/aromatic N) is 2. The molecule has 0 aromatic carbocycles. The molecule has 0 atom stereocenters. The third-order valence-electron chi connectivity index (χ3n) is 3.55. The number of rotatable bonds is 2. The summed E-state index contributed by atoms with van der Waals surface area (Å²) < 4.78 is 7.64. The summed E-state index contributed by atoms with van der Waals surface area (Å²) in [4.78, 5) is 0. The van der Waals surface area contributed by atoms with Crippen LogP contribution in [0.1, 0.15) is 42.3 Å². The van der Waals surface area contributed by atoms with Gasteiger partial charge in [-0.15, -0.1) is 0 Å². The zero-order valence-electron chi connectivity index (χ0n) is 8.91. The van der Waals surface area contributed by atoms with Crippen LogP contribution in [0.2, 0.25) is 0 Å². The van der Waals surface area contributed by atoms with Crippen molar-refractivity contribution in [1.29, 1.82) is 0 Å². The van der Waals surface area contributed by atoms with E-state index in [1.54, 1.807) is 0 Å². The van der Waals surface area contributed by atoms with Gasteiger partial charge in [0.25, 0.3) is 0 Å². The van der Waals surface area contributed by atoms with Crippen molar-refractivity contribution in [3.8, 4) is 0 Å². The number of ether oxygens (including phenoxy) is 1. The molecule has 1 saturated carbocycles. The van der Waals surface area contributed by atoms with Gasteiger partial charge in [-0.3, -0.25) is 4.68 Å². The highest BCUT2D eigenvalue weighted by atomic mass is 16.5. The van der Waals surface area contributed by atoms with Gasteiger partial charge in [0.05, 0.1) is 30.6 Å². The zero-order valence-corrected chi connectivity index (χ0v) is 8.91. The molecular formula is C11H17N3O. The maximum atomic E-state index is 5.82. The zero-order chi connectivity index (χ0) is 10.3. The van der Waals surface area contributed by atoms with Gasteiger partial charge in [-0.2, -0.15) is 5.10 Å². The van der Waals surface area contributed by atoms with Crippen LogP contribution in [0, 0.1) is 0 Å². The molecule has 82 valence electrons. The Morgan fingerprint density at radius 1 is 1.47 bits per heavy atom. The lowest BCUT2D eigenvalue weighted by molar-refractivity contribution is 0.109. The predicted octanol–water partition coefficient (Wildman–Crippen LogP) is 1.14. The van der Waals surface area contributed by atoms with Crippen molar-refractivity contribution in [2.24, 2.45) is 5.73 Å². The molecule has 3 rings (SSSR count). The van der Waals surface area contributed by atoms with E-state index in [2.05, 4.69) is 4.68 Å². The van der Waals surface area contributed by atoms with Crippen LogP contribution in [-0.4, -0.2) is 16.4 Å². The Kier molecular flexibility index (Phi) is 2.25. The van der Waals surface area contributed by atoms with E-state index in [-0.39, 0.29) is 0 Å². The summed E-state index contributed by atoms with van der Waals surface area (Å²) in [7, 11) is 0. The van der Waals surface area contributed by atoms with Crippen molar-refractivity contribution in [3.63, 3.8) is 0 Å². The van der Waals surface area contributed by atoms with Crippen LogP contribution < -0.4 is 5.73 Å². The molecule has 1 aromatic heterocycles. The molecular weight excluding hydrogens is 190 g/mol. The van der Waals surface area contributed by atoms with Crippen molar-refractivity contribution in [2.75, 3.05) is 6.61 Å². The van der Waals surface area contributed by atoms with Gasteiger partial charge in [-0.25, -0.2) is 0 Å². The van der Waals surface area contributed by atoms with Crippen LogP contribution in [-0.2, 0) is 24.3 Å². The first kappa shape index (κ1) is 9.36. The number of nitrogens with two attached hydrogens (primary N) is 1. The number of aromatic nitrogens is 2. The third-order valence-corrected chi connectivity index (χ3v) is 3.55. The van der Waals surface area contributed by atoms with Gasteiger partial charge in [0.15, 0.2) is 0 Å². The van der Waals surface area contributed by atoms with Gasteiger partial charge >= 0.3 is 0 Å². The highest BCUT2D eigenvalue weighted by Crippen LogP contribution is 2.34. The summed E-state index contributed by atoms with van der Waals surface area (Å²) in [6.45, 7) is 2.09. The minimum atomic E-state index is 0.586. The van der Waals surface area contributed by atoms with E-state index in [4.69, 9.17) is 15.6 Å². The molecule has 1 aromatic rings. The van der Waals surface area contributed by atoms with Gasteiger partial charge in [-0.05, 0) is 19.3 Å². The molecule has 2 N–H and O–H groups in total. The highest BCUT2D eigenvalue weighted by Gasteiger charge is 2.27. The molecule has 0 bridgehead atoms. The molecule has 0 unspecified atom stereocenters. The molecule has 4 nitrogen and oxygen atoms in total. The summed E-state index contributed by atoms with van der Waals surface area (Å²) in [6, 6.07) is 0.606. The average Bonchev–Trinajstić information content (AvgIpc) is 2.53. The second-order valence-electron chi connectivity index (χ2n) is 4.41. The molecule has 1 aliphatic carbocycles. The van der Waals surface area contributed by atoms with E-state index in [9.17, 15) is 0 Å². The minimum absolute atomic E-state index is 0.586. The predicted molar refractivity (Wildman–Crippen MR) is 56.4 cm³/mol. The molecule has 15 heavy (non-hydrogen) atoms. The molecule has 2 heterocycles. The van der Waals surface area contributed by atoms with E-state index in [0.717, 1.165) is 13.0 Å². The van der Waals surface area contributed by atoms with Crippen molar-refractivity contribution in [2.45, 2.75) is 44.9 Å². The first-order valence-corrected chi connectivity index (χ1v) is 5.77. The van der Waals surface area contributed by atoms with Gasteiger partial charge in [-0.1, -0.05) is 0 Å². The molecule has 1 aliphatic heterocycles. The molecule has 2 aliphatic rings. The summed E-state index contributed by atoms with van der Waals surface area (Å²) in [5, 5.41) is 4.70. The van der Waals surface area contributed by atoms with Crippen LogP contribution in [0.5, 0.6) is 0 Å². The summed E-state index contributed by atoms with van der Waals surface area (Å²) in [5.74, 6) is 0. The lowest BCUT2D eigenvalue weighted by Crippen LogP contribution is -2.22. The van der Waals surface area contributed by atoms with E-state index >= 15 is 0 Å². The first-order valence-electron chi connectivity index (χ1n) is 5.77. The summed E-state index contributed by atoms with van der Waals surface area (Å²) in [6.07, 6.45) is 4.79. The van der Waals surface area contributed by atoms with Gasteiger partial charge in [0, 0.05) is 18.5 Å². The monoisotopic (exact) mass is 207 g/mol. The van der Waals surface area contributed by atoms with Gasteiger partial charge in [0.2, 0.25) is 0 Å². The summed E-state index contributed by atoms with van der Waals surface area (Å²) >= 11 is 0. The fraction of sp³-hybridized carbons (Fsp3) is 0.727. The Bertz CT molecular complexity index is 368. The van der Waals surface area contributed by atoms with E-state index in [0.29, 0.717) is 19.2 Å². The molecule has 0 radical (unpaired) electrons. The van der Waals surface area contributed by atoms with Gasteiger partial charge in [0.1, 0.15) is 0 Å². The lowest BCUT2D eigenvalue weighted by Gasteiger charge is -2.27. The van der Waals surface area contributed by atoms with Crippen molar-refractivity contribution in [1.82, 2.24) is 9.78 Å². The van der Waals surface area contributed by atoms with Crippen molar-refractivity contribution in [3.05, 3.63) is 17.0 Å². The molecule has 0 saturated heterocycles. The second-order valence-corrected chi connectivity index (χ2v) is 4.41. The Balaban J connectivity index is 2.01. The Morgan fingerprint density at radius 2 is 2.33 bits per heavy atom. The van der Waals surface area contributed by atoms with Crippen molar-refractivity contribution >= 4 is 0 Å². The molecule has 4 heteroatoms. The number of fused-ring (bicyclic) bond motifs is 1. The highest BCUT2D eigenvalue weighted by molar-refractivity contribution is 5.28. The quantitative estimate of drug-likeness (QED) is 0.791. The van der Waals surface area contributed by atoms with E-state index in [1.165, 1.54) is 36.2 Å². The Labute approximate surface area is 89.4 Å². The van der Waals surface area contributed by atoms with Crippen LogP contribution in [0.4, 0.5) is 0 Å². The van der Waals surface area contributed by atoms with Crippen LogP contribution in [0.3, 0.4) is 0 Å². The first-order chi connectivity index (χ1) is 7.40. The van der Waals surface area contributed by atoms with Crippen LogP contribution >= 0.6 is 0 Å². The maximum absolute atomic E-state index is 5.82. The van der Waals surface area contributed by atoms with Crippen molar-refractivity contribution < 1.29 is 4.74 Å². The Hall–Kier alpha value is -0.870. The van der Waals surface area contributed by atoms with Crippen LogP contribution in [0.25, 0.3) is 0 Å². The maximum Gasteiger partial charge on any atom is 0.0753 e. The summed E-state index contributed by atoms with van der Waals surface area (Å²) in [5.41, 5.74) is 9.50. The standard InChI is InChI=1S/C11H17N3O/c12-6-11-9-7-15-5-4-10(9)13-14(11)8-2-1-3-8/h8H,1-7,12H2. The topological polar surface area (TPSA) is 53.1 Å². The second kappa shape index (κ2) is 3.61.